The van der Waals surface area contributed by atoms with E-state index in [2.05, 4.69) is 10.3 Å². The smallest absolute Gasteiger partial charge is 0.244 e. The Morgan fingerprint density at radius 1 is 1.24 bits per heavy atom. The van der Waals surface area contributed by atoms with Gasteiger partial charge in [-0.15, -0.1) is 11.3 Å². The number of hydrogen-bond donors (Lipinski definition) is 1. The van der Waals surface area contributed by atoms with Crippen LogP contribution in [0.4, 0.5) is 10.8 Å². The number of nitrogens with one attached hydrogen (secondary N) is 1. The minimum Gasteiger partial charge on any atom is -0.350 e. The molecule has 5 nitrogen and oxygen atoms in total. The average Bonchev–Trinajstić information content (AvgIpc) is 3.07. The molecule has 0 fully saturated rings. The predicted molar refractivity (Wildman–Crippen MR) is 103 cm³/mol. The highest BCUT2D eigenvalue weighted by Crippen LogP contribution is 2.28. The first kappa shape index (κ1) is 18.9. The number of carbonyl (C=O) groups is 2. The van der Waals surface area contributed by atoms with Gasteiger partial charge in [0.25, 0.3) is 0 Å². The van der Waals surface area contributed by atoms with Crippen molar-refractivity contribution in [1.29, 1.82) is 0 Å². The molecule has 0 saturated carbocycles. The van der Waals surface area contributed by atoms with Crippen LogP contribution >= 0.6 is 11.3 Å². The Morgan fingerprint density at radius 2 is 1.92 bits per heavy atom. The fourth-order valence-electron chi connectivity index (χ4n) is 2.36. The van der Waals surface area contributed by atoms with Crippen LogP contribution in [0.25, 0.3) is 6.08 Å². The number of anilines is 2. The number of hydrogen-bond acceptors (Lipinski definition) is 4. The van der Waals surface area contributed by atoms with E-state index in [4.69, 9.17) is 0 Å². The van der Waals surface area contributed by atoms with Gasteiger partial charge in [-0.2, -0.15) is 0 Å². The van der Waals surface area contributed by atoms with Crippen molar-refractivity contribution in [3.63, 3.8) is 0 Å². The third kappa shape index (κ3) is 5.26. The highest BCUT2D eigenvalue weighted by Gasteiger charge is 2.17. The number of aromatic nitrogens is 1. The van der Waals surface area contributed by atoms with E-state index in [9.17, 15) is 9.59 Å². The molecule has 2 amide bonds. The molecule has 0 bridgehead atoms. The van der Waals surface area contributed by atoms with Crippen molar-refractivity contribution in [2.45, 2.75) is 39.7 Å². The Labute approximate surface area is 152 Å². The fourth-order valence-corrected chi connectivity index (χ4v) is 3.22. The van der Waals surface area contributed by atoms with Crippen molar-refractivity contribution in [2.24, 2.45) is 0 Å². The summed E-state index contributed by atoms with van der Waals surface area (Å²) >= 11 is 1.37. The summed E-state index contributed by atoms with van der Waals surface area (Å²) in [5.41, 5.74) is 1.42. The molecule has 0 atom stereocenters. The molecule has 0 aliphatic carbocycles. The number of para-hydroxylation sites is 1. The van der Waals surface area contributed by atoms with E-state index in [0.717, 1.165) is 18.5 Å². The lowest BCUT2D eigenvalue weighted by Gasteiger charge is -2.17. The van der Waals surface area contributed by atoms with Gasteiger partial charge in [0.15, 0.2) is 5.13 Å². The first-order valence-corrected chi connectivity index (χ1v) is 9.23. The van der Waals surface area contributed by atoms with Crippen molar-refractivity contribution in [3.05, 3.63) is 47.5 Å². The molecule has 0 unspecified atom stereocenters. The van der Waals surface area contributed by atoms with Crippen molar-refractivity contribution in [3.8, 4) is 0 Å². The summed E-state index contributed by atoms with van der Waals surface area (Å²) in [6.45, 7) is 5.60. The maximum absolute atomic E-state index is 12.0. The zero-order valence-electron chi connectivity index (χ0n) is 14.7. The zero-order valence-corrected chi connectivity index (χ0v) is 15.5. The van der Waals surface area contributed by atoms with Crippen molar-refractivity contribution in [1.82, 2.24) is 10.3 Å². The largest absolute Gasteiger partial charge is 0.350 e. The Kier molecular flexibility index (Phi) is 6.89. The molecule has 0 radical (unpaired) electrons. The van der Waals surface area contributed by atoms with E-state index in [1.54, 1.807) is 11.0 Å². The summed E-state index contributed by atoms with van der Waals surface area (Å²) in [6, 6.07) is 9.57. The number of carbonyl (C=O) groups excluding carboxylic acids is 2. The van der Waals surface area contributed by atoms with Gasteiger partial charge in [0, 0.05) is 24.4 Å². The Balaban J connectivity index is 2.12. The van der Waals surface area contributed by atoms with Crippen LogP contribution in [0, 0.1) is 0 Å². The van der Waals surface area contributed by atoms with Crippen LogP contribution in [0.5, 0.6) is 0 Å². The second kappa shape index (κ2) is 9.13. The van der Waals surface area contributed by atoms with Gasteiger partial charge in [-0.3, -0.25) is 14.5 Å². The van der Waals surface area contributed by atoms with Gasteiger partial charge < -0.3 is 5.32 Å². The quantitative estimate of drug-likeness (QED) is 0.757. The van der Waals surface area contributed by atoms with Crippen LogP contribution in [0.15, 0.2) is 41.8 Å². The topological polar surface area (TPSA) is 62.3 Å². The molecule has 0 saturated heterocycles. The molecule has 132 valence electrons. The predicted octanol–water partition coefficient (Wildman–Crippen LogP) is 4.15. The maximum atomic E-state index is 12.0. The van der Waals surface area contributed by atoms with Gasteiger partial charge in [-0.1, -0.05) is 32.0 Å². The average molecular weight is 357 g/mol. The summed E-state index contributed by atoms with van der Waals surface area (Å²) in [4.78, 5) is 30.0. The van der Waals surface area contributed by atoms with Crippen LogP contribution in [0.1, 0.15) is 39.3 Å². The van der Waals surface area contributed by atoms with Crippen molar-refractivity contribution >= 4 is 40.0 Å². The van der Waals surface area contributed by atoms with E-state index in [0.29, 0.717) is 10.8 Å². The number of thiazole rings is 1. The third-order valence-corrected chi connectivity index (χ3v) is 4.61. The molecule has 1 aromatic carbocycles. The van der Waals surface area contributed by atoms with Gasteiger partial charge in [-0.25, -0.2) is 4.98 Å². The lowest BCUT2D eigenvalue weighted by molar-refractivity contribution is -0.117. The first-order valence-electron chi connectivity index (χ1n) is 8.35. The van der Waals surface area contributed by atoms with E-state index in [1.165, 1.54) is 24.3 Å². The molecular weight excluding hydrogens is 334 g/mol. The minimum absolute atomic E-state index is 0.109. The lowest BCUT2D eigenvalue weighted by Crippen LogP contribution is -2.32. The highest BCUT2D eigenvalue weighted by molar-refractivity contribution is 7.14. The molecule has 6 heteroatoms. The molecule has 0 spiro atoms. The van der Waals surface area contributed by atoms with Crippen LogP contribution < -0.4 is 10.2 Å². The Morgan fingerprint density at radius 3 is 2.52 bits per heavy atom. The molecular formula is C19H23N3O2S. The first-order chi connectivity index (χ1) is 12.0. The number of amides is 2. The molecule has 2 aromatic rings. The minimum atomic E-state index is -0.130. The van der Waals surface area contributed by atoms with Gasteiger partial charge >= 0.3 is 0 Å². The summed E-state index contributed by atoms with van der Waals surface area (Å²) in [5, 5.41) is 5.36. The van der Waals surface area contributed by atoms with Crippen LogP contribution in [-0.2, 0) is 9.59 Å². The second-order valence-corrected chi connectivity index (χ2v) is 6.44. The van der Waals surface area contributed by atoms with Crippen LogP contribution in [0.3, 0.4) is 0 Å². The van der Waals surface area contributed by atoms with Gasteiger partial charge in [0.1, 0.15) is 0 Å². The second-order valence-electron chi connectivity index (χ2n) is 5.60. The number of nitrogens with zero attached hydrogens (tertiary/aromatic N) is 2. The van der Waals surface area contributed by atoms with Crippen molar-refractivity contribution < 1.29 is 9.59 Å². The molecule has 1 N–H and O–H groups in total. The Hall–Kier alpha value is -2.47. The molecule has 25 heavy (non-hydrogen) atoms. The van der Waals surface area contributed by atoms with Gasteiger partial charge in [-0.05, 0) is 31.1 Å². The lowest BCUT2D eigenvalue weighted by atomic mass is 10.2. The molecule has 1 aromatic heterocycles. The van der Waals surface area contributed by atoms with E-state index in [-0.39, 0.29) is 17.9 Å². The SMILES string of the molecule is CCC(CC)NC(=O)C=Cc1csc(N(C(C)=O)c2ccccc2)n1. The van der Waals surface area contributed by atoms with Crippen LogP contribution in [-0.4, -0.2) is 22.8 Å². The number of benzene rings is 1. The summed E-state index contributed by atoms with van der Waals surface area (Å²) in [6.07, 6.45) is 4.96. The monoisotopic (exact) mass is 357 g/mol. The Bertz CT molecular complexity index is 736. The van der Waals surface area contributed by atoms with E-state index >= 15 is 0 Å². The van der Waals surface area contributed by atoms with Gasteiger partial charge in [0.05, 0.1) is 11.4 Å². The normalized spacial score (nSPS) is 11.0. The molecule has 0 aliphatic rings. The number of rotatable bonds is 7. The van der Waals surface area contributed by atoms with E-state index < -0.39 is 0 Å². The van der Waals surface area contributed by atoms with Crippen LogP contribution in [0.2, 0.25) is 0 Å². The maximum Gasteiger partial charge on any atom is 0.244 e. The summed E-state index contributed by atoms with van der Waals surface area (Å²) in [7, 11) is 0. The molecule has 2 rings (SSSR count). The third-order valence-electron chi connectivity index (χ3n) is 3.77. The fraction of sp³-hybridized carbons (Fsp3) is 0.316. The summed E-state index contributed by atoms with van der Waals surface area (Å²) < 4.78 is 0. The van der Waals surface area contributed by atoms with E-state index in [1.807, 2.05) is 49.6 Å². The summed E-state index contributed by atoms with van der Waals surface area (Å²) in [5.74, 6) is -0.239. The van der Waals surface area contributed by atoms with Gasteiger partial charge in [0.2, 0.25) is 11.8 Å². The van der Waals surface area contributed by atoms with Crippen molar-refractivity contribution in [2.75, 3.05) is 4.90 Å². The highest BCUT2D eigenvalue weighted by atomic mass is 32.1. The molecule has 1 heterocycles. The molecule has 0 aliphatic heterocycles. The zero-order chi connectivity index (χ0) is 18.2. The standard InChI is InChI=1S/C19H23N3O2S/c1-4-15(5-2)20-18(24)12-11-16-13-25-19(21-16)22(14(3)23)17-9-7-6-8-10-17/h6-13,15H,4-5H2,1-3H3,(H,20,24).